The van der Waals surface area contributed by atoms with E-state index in [9.17, 15) is 5.11 Å². The van der Waals surface area contributed by atoms with Gasteiger partial charge >= 0.3 is 0 Å². The van der Waals surface area contributed by atoms with Gasteiger partial charge in [0.25, 0.3) is 0 Å². The highest BCUT2D eigenvalue weighted by molar-refractivity contribution is 5.85. The molecule has 0 saturated carbocycles. The molecule has 0 unspecified atom stereocenters. The van der Waals surface area contributed by atoms with Crippen molar-refractivity contribution in [2.45, 2.75) is 57.8 Å². The second-order valence-corrected chi connectivity index (χ2v) is 14.5. The standard InChI is InChI=1S/C43H40N2O/c1-41(2,3)30-21-22-38(46)34(27-30)28-24-29(26-31(25-28)42(4,5)6)37-18-13-20-40(45-37)43(39-19-11-12-23-44-39)35-16-9-7-14-32(35)33-15-8-10-17-36(33)43/h7-27,46H,1-6H3. The number of phenols is 1. The van der Waals surface area contributed by atoms with Crippen LogP contribution >= 0.6 is 0 Å². The van der Waals surface area contributed by atoms with Gasteiger partial charge in [0.1, 0.15) is 11.2 Å². The molecule has 4 aromatic carbocycles. The van der Waals surface area contributed by atoms with Crippen LogP contribution in [0.3, 0.4) is 0 Å². The highest BCUT2D eigenvalue weighted by Gasteiger charge is 2.48. The number of pyridine rings is 2. The van der Waals surface area contributed by atoms with E-state index in [1.165, 1.54) is 33.4 Å². The average molecular weight is 601 g/mol. The number of phenolic OH excluding ortho intramolecular Hbond substituents is 1. The van der Waals surface area contributed by atoms with Gasteiger partial charge in [0, 0.05) is 17.3 Å². The number of aromatic hydroxyl groups is 1. The zero-order chi connectivity index (χ0) is 32.3. The Morgan fingerprint density at radius 2 is 1.13 bits per heavy atom. The molecule has 0 atom stereocenters. The average Bonchev–Trinajstić information content (AvgIpc) is 3.35. The van der Waals surface area contributed by atoms with Crippen molar-refractivity contribution in [3.8, 4) is 39.3 Å². The molecule has 3 heteroatoms. The summed E-state index contributed by atoms with van der Waals surface area (Å²) in [6, 6.07) is 42.4. The smallest absolute Gasteiger partial charge is 0.123 e. The van der Waals surface area contributed by atoms with E-state index in [0.717, 1.165) is 33.8 Å². The first-order chi connectivity index (χ1) is 22.0. The first-order valence-electron chi connectivity index (χ1n) is 16.1. The van der Waals surface area contributed by atoms with E-state index in [2.05, 4.69) is 145 Å². The lowest BCUT2D eigenvalue weighted by Gasteiger charge is -2.31. The number of hydrogen-bond donors (Lipinski definition) is 1. The summed E-state index contributed by atoms with van der Waals surface area (Å²) in [7, 11) is 0. The highest BCUT2D eigenvalue weighted by Crippen LogP contribution is 2.55. The van der Waals surface area contributed by atoms with Crippen LogP contribution in [0.1, 0.15) is 75.2 Å². The Bertz CT molecular complexity index is 2030. The Labute approximate surface area is 272 Å². The molecule has 7 rings (SSSR count). The van der Waals surface area contributed by atoms with Crippen LogP contribution in [0, 0.1) is 0 Å². The molecule has 1 aliphatic rings. The third-order valence-corrected chi connectivity index (χ3v) is 9.40. The summed E-state index contributed by atoms with van der Waals surface area (Å²) in [6.45, 7) is 13.3. The maximum atomic E-state index is 11.1. The Balaban J connectivity index is 1.48. The minimum Gasteiger partial charge on any atom is -0.507 e. The first-order valence-corrected chi connectivity index (χ1v) is 16.1. The normalized spacial score (nSPS) is 13.7. The van der Waals surface area contributed by atoms with Crippen molar-refractivity contribution in [2.24, 2.45) is 0 Å². The summed E-state index contributed by atoms with van der Waals surface area (Å²) in [5.41, 5.74) is 11.9. The van der Waals surface area contributed by atoms with Crippen LogP contribution in [0.2, 0.25) is 0 Å². The Kier molecular flexibility index (Phi) is 6.97. The van der Waals surface area contributed by atoms with Gasteiger partial charge in [-0.25, -0.2) is 0 Å². The van der Waals surface area contributed by atoms with E-state index >= 15 is 0 Å². The van der Waals surface area contributed by atoms with Crippen molar-refractivity contribution in [3.63, 3.8) is 0 Å². The number of aromatic nitrogens is 2. The molecule has 3 nitrogen and oxygen atoms in total. The van der Waals surface area contributed by atoms with Crippen molar-refractivity contribution in [1.82, 2.24) is 9.97 Å². The van der Waals surface area contributed by atoms with Crippen molar-refractivity contribution < 1.29 is 5.11 Å². The monoisotopic (exact) mass is 600 g/mol. The number of fused-ring (bicyclic) bond motifs is 3. The molecule has 0 bridgehead atoms. The van der Waals surface area contributed by atoms with Gasteiger partial charge in [-0.15, -0.1) is 0 Å². The second-order valence-electron chi connectivity index (χ2n) is 14.5. The molecule has 1 aliphatic carbocycles. The fourth-order valence-electron chi connectivity index (χ4n) is 6.90. The number of benzene rings is 4. The summed E-state index contributed by atoms with van der Waals surface area (Å²) in [5.74, 6) is 0.278. The summed E-state index contributed by atoms with van der Waals surface area (Å²) in [5, 5.41) is 11.1. The first kappa shape index (κ1) is 29.7. The molecule has 0 amide bonds. The van der Waals surface area contributed by atoms with E-state index < -0.39 is 5.41 Å². The SMILES string of the molecule is CC(C)(C)c1cc(-c2cccc(C3(c4ccccn4)c4ccccc4-c4ccccc43)n2)cc(-c2cc(C(C)(C)C)ccc2O)c1. The molecule has 0 radical (unpaired) electrons. The lowest BCUT2D eigenvalue weighted by molar-refractivity contribution is 0.476. The second kappa shape index (κ2) is 10.8. The van der Waals surface area contributed by atoms with Crippen molar-refractivity contribution in [1.29, 1.82) is 0 Å². The quantitative estimate of drug-likeness (QED) is 0.219. The lowest BCUT2D eigenvalue weighted by atomic mass is 9.72. The Hall–Kier alpha value is -5.02. The van der Waals surface area contributed by atoms with Crippen LogP contribution in [0.15, 0.2) is 128 Å². The fraction of sp³-hybridized carbons (Fsp3) is 0.209. The van der Waals surface area contributed by atoms with E-state index in [4.69, 9.17) is 9.97 Å². The molecular weight excluding hydrogens is 560 g/mol. The molecule has 228 valence electrons. The molecule has 1 N–H and O–H groups in total. The van der Waals surface area contributed by atoms with Crippen molar-refractivity contribution >= 4 is 0 Å². The van der Waals surface area contributed by atoms with Crippen molar-refractivity contribution in [3.05, 3.63) is 161 Å². The number of rotatable bonds is 4. The van der Waals surface area contributed by atoms with Crippen LogP contribution < -0.4 is 0 Å². The molecule has 2 heterocycles. The largest absolute Gasteiger partial charge is 0.507 e. The van der Waals surface area contributed by atoms with Gasteiger partial charge in [-0.3, -0.25) is 9.97 Å². The van der Waals surface area contributed by atoms with Gasteiger partial charge in [0.2, 0.25) is 0 Å². The Morgan fingerprint density at radius 3 is 1.76 bits per heavy atom. The number of nitrogens with zero attached hydrogens (tertiary/aromatic N) is 2. The topological polar surface area (TPSA) is 46.0 Å². The molecular formula is C43H40N2O. The fourth-order valence-corrected chi connectivity index (χ4v) is 6.90. The molecule has 46 heavy (non-hydrogen) atoms. The van der Waals surface area contributed by atoms with E-state index in [1.54, 1.807) is 0 Å². The zero-order valence-corrected chi connectivity index (χ0v) is 27.5. The minimum atomic E-state index is -0.672. The Morgan fingerprint density at radius 1 is 0.522 bits per heavy atom. The van der Waals surface area contributed by atoms with Gasteiger partial charge in [-0.2, -0.15) is 0 Å². The number of hydrogen-bond acceptors (Lipinski definition) is 3. The molecule has 0 spiro atoms. The summed E-state index contributed by atoms with van der Waals surface area (Å²) in [4.78, 5) is 10.5. The van der Waals surface area contributed by atoms with Gasteiger partial charge in [-0.1, -0.05) is 114 Å². The maximum absolute atomic E-state index is 11.1. The third-order valence-electron chi connectivity index (χ3n) is 9.40. The van der Waals surface area contributed by atoms with Gasteiger partial charge in [0.15, 0.2) is 0 Å². The minimum absolute atomic E-state index is 0.0452. The van der Waals surface area contributed by atoms with Gasteiger partial charge in [-0.05, 0) is 98.3 Å². The van der Waals surface area contributed by atoms with Gasteiger partial charge < -0.3 is 5.11 Å². The van der Waals surface area contributed by atoms with Crippen LogP contribution in [0.5, 0.6) is 5.75 Å². The molecule has 0 aliphatic heterocycles. The molecule has 2 aromatic heterocycles. The molecule has 0 saturated heterocycles. The van der Waals surface area contributed by atoms with Crippen LogP contribution in [0.4, 0.5) is 0 Å². The van der Waals surface area contributed by atoms with Crippen molar-refractivity contribution in [2.75, 3.05) is 0 Å². The molecule has 6 aromatic rings. The van der Waals surface area contributed by atoms with Crippen LogP contribution in [-0.2, 0) is 16.2 Å². The summed E-state index contributed by atoms with van der Waals surface area (Å²) in [6.07, 6.45) is 1.88. The summed E-state index contributed by atoms with van der Waals surface area (Å²) < 4.78 is 0. The van der Waals surface area contributed by atoms with E-state index in [0.29, 0.717) is 0 Å². The van der Waals surface area contributed by atoms with Crippen LogP contribution in [0.25, 0.3) is 33.5 Å². The zero-order valence-electron chi connectivity index (χ0n) is 27.5. The lowest BCUT2D eigenvalue weighted by Crippen LogP contribution is -2.31. The summed E-state index contributed by atoms with van der Waals surface area (Å²) >= 11 is 0. The molecule has 0 fully saturated rings. The third kappa shape index (κ3) is 4.82. The predicted molar refractivity (Wildman–Crippen MR) is 189 cm³/mol. The van der Waals surface area contributed by atoms with E-state index in [1.807, 2.05) is 24.4 Å². The highest BCUT2D eigenvalue weighted by atomic mass is 16.3. The van der Waals surface area contributed by atoms with E-state index in [-0.39, 0.29) is 16.6 Å². The van der Waals surface area contributed by atoms with Crippen LogP contribution in [-0.4, -0.2) is 15.1 Å². The predicted octanol–water partition coefficient (Wildman–Crippen LogP) is 10.5. The maximum Gasteiger partial charge on any atom is 0.123 e. The van der Waals surface area contributed by atoms with Gasteiger partial charge in [0.05, 0.1) is 17.1 Å².